The molecule has 2 N–H and O–H groups in total. The summed E-state index contributed by atoms with van der Waals surface area (Å²) in [5, 5.41) is 1.20. The molecule has 0 aromatic heterocycles. The number of halogens is 2. The van der Waals surface area contributed by atoms with Gasteiger partial charge in [0.1, 0.15) is 12.4 Å². The third kappa shape index (κ3) is 1.07. The monoisotopic (exact) mass is 203 g/mol. The zero-order valence-corrected chi connectivity index (χ0v) is 7.69. The van der Waals surface area contributed by atoms with E-state index < -0.39 is 0 Å². The van der Waals surface area contributed by atoms with Gasteiger partial charge < -0.3 is 10.5 Å². The highest BCUT2D eigenvalue weighted by Gasteiger charge is 2.25. The van der Waals surface area contributed by atoms with Crippen LogP contribution in [0.15, 0.2) is 12.1 Å². The van der Waals surface area contributed by atoms with Crippen LogP contribution in [0, 0.1) is 0 Å². The zero-order chi connectivity index (χ0) is 8.72. The predicted octanol–water partition coefficient (Wildman–Crippen LogP) is 2.39. The molecular weight excluding hydrogens is 197 g/mol. The van der Waals surface area contributed by atoms with Crippen LogP contribution < -0.4 is 10.5 Å². The van der Waals surface area contributed by atoms with Gasteiger partial charge in [-0.2, -0.15) is 0 Å². The van der Waals surface area contributed by atoms with Crippen molar-refractivity contribution in [2.45, 2.75) is 6.04 Å². The van der Waals surface area contributed by atoms with E-state index in [1.807, 2.05) is 0 Å². The lowest BCUT2D eigenvalue weighted by Gasteiger charge is -2.04. The zero-order valence-electron chi connectivity index (χ0n) is 6.18. The Morgan fingerprint density at radius 1 is 1.33 bits per heavy atom. The molecule has 2 rings (SSSR count). The van der Waals surface area contributed by atoms with Crippen molar-refractivity contribution in [1.82, 2.24) is 0 Å². The molecule has 12 heavy (non-hydrogen) atoms. The molecule has 1 atom stereocenters. The van der Waals surface area contributed by atoms with Crippen LogP contribution in [0.2, 0.25) is 10.0 Å². The van der Waals surface area contributed by atoms with E-state index >= 15 is 0 Å². The first-order valence-corrected chi connectivity index (χ1v) is 4.32. The van der Waals surface area contributed by atoms with Gasteiger partial charge in [0, 0.05) is 10.6 Å². The second-order valence-corrected chi connectivity index (χ2v) is 3.50. The van der Waals surface area contributed by atoms with Crippen molar-refractivity contribution in [3.05, 3.63) is 27.7 Å². The molecule has 0 saturated carbocycles. The Kier molecular flexibility index (Phi) is 1.91. The molecule has 0 spiro atoms. The van der Waals surface area contributed by atoms with E-state index in [0.717, 1.165) is 5.56 Å². The Hall–Kier alpha value is -0.440. The largest absolute Gasteiger partial charge is 0.490 e. The van der Waals surface area contributed by atoms with Crippen LogP contribution in [0.5, 0.6) is 5.75 Å². The first kappa shape index (κ1) is 8.17. The predicted molar refractivity (Wildman–Crippen MR) is 48.9 cm³/mol. The van der Waals surface area contributed by atoms with Crippen LogP contribution in [-0.2, 0) is 0 Å². The fraction of sp³-hybridized carbons (Fsp3) is 0.250. The first-order chi connectivity index (χ1) is 5.70. The molecule has 2 nitrogen and oxygen atoms in total. The third-order valence-electron chi connectivity index (χ3n) is 1.87. The number of benzene rings is 1. The van der Waals surface area contributed by atoms with Gasteiger partial charge in [0.05, 0.1) is 11.1 Å². The second kappa shape index (κ2) is 2.80. The molecule has 1 heterocycles. The number of fused-ring (bicyclic) bond motifs is 1. The summed E-state index contributed by atoms with van der Waals surface area (Å²) >= 11 is 11.8. The number of hydrogen-bond donors (Lipinski definition) is 1. The Morgan fingerprint density at radius 2 is 2.00 bits per heavy atom. The van der Waals surface area contributed by atoms with Gasteiger partial charge in [-0.05, 0) is 12.1 Å². The molecule has 1 aromatic carbocycles. The summed E-state index contributed by atoms with van der Waals surface area (Å²) < 4.78 is 5.28. The van der Waals surface area contributed by atoms with E-state index in [1.165, 1.54) is 0 Å². The molecule has 4 heteroatoms. The summed E-state index contributed by atoms with van der Waals surface area (Å²) in [6, 6.07) is 3.30. The third-order valence-corrected chi connectivity index (χ3v) is 2.50. The van der Waals surface area contributed by atoms with Crippen molar-refractivity contribution in [2.24, 2.45) is 5.73 Å². The molecule has 0 bridgehead atoms. The standard InChI is InChI=1S/C8H7Cl2NO/c9-4-1-2-5(10)8-7(4)6(11)3-12-8/h1-2,6H,3,11H2/t6-/m1/s1. The molecule has 0 aliphatic carbocycles. The van der Waals surface area contributed by atoms with Crippen LogP contribution in [0.25, 0.3) is 0 Å². The maximum atomic E-state index is 5.92. The minimum absolute atomic E-state index is 0.147. The molecule has 0 unspecified atom stereocenters. The van der Waals surface area contributed by atoms with E-state index in [4.69, 9.17) is 33.7 Å². The fourth-order valence-electron chi connectivity index (χ4n) is 1.30. The van der Waals surface area contributed by atoms with E-state index in [1.54, 1.807) is 12.1 Å². The summed E-state index contributed by atoms with van der Waals surface area (Å²) in [4.78, 5) is 0. The van der Waals surface area contributed by atoms with Gasteiger partial charge in [-0.3, -0.25) is 0 Å². The smallest absolute Gasteiger partial charge is 0.144 e. The summed E-state index contributed by atoms with van der Waals surface area (Å²) in [5.41, 5.74) is 6.57. The molecule has 0 radical (unpaired) electrons. The minimum atomic E-state index is -0.147. The maximum absolute atomic E-state index is 5.92. The molecule has 1 aliphatic rings. The highest BCUT2D eigenvalue weighted by molar-refractivity contribution is 6.35. The number of nitrogens with two attached hydrogens (primary N) is 1. The van der Waals surface area contributed by atoms with E-state index in [0.29, 0.717) is 22.4 Å². The van der Waals surface area contributed by atoms with Crippen LogP contribution in [0.1, 0.15) is 11.6 Å². The lowest BCUT2D eigenvalue weighted by molar-refractivity contribution is 0.333. The van der Waals surface area contributed by atoms with Crippen LogP contribution >= 0.6 is 23.2 Å². The first-order valence-electron chi connectivity index (χ1n) is 3.56. The highest BCUT2D eigenvalue weighted by Crippen LogP contribution is 2.41. The Labute approximate surface area is 80.2 Å². The summed E-state index contributed by atoms with van der Waals surface area (Å²) in [7, 11) is 0. The van der Waals surface area contributed by atoms with E-state index in [-0.39, 0.29) is 6.04 Å². The fourth-order valence-corrected chi connectivity index (χ4v) is 1.81. The quantitative estimate of drug-likeness (QED) is 0.704. The van der Waals surface area contributed by atoms with Crippen LogP contribution in [-0.4, -0.2) is 6.61 Å². The molecule has 0 amide bonds. The second-order valence-electron chi connectivity index (χ2n) is 2.69. The molecule has 0 fully saturated rings. The van der Waals surface area contributed by atoms with Crippen molar-refractivity contribution >= 4 is 23.2 Å². The average Bonchev–Trinajstić information content (AvgIpc) is 2.42. The molecule has 1 aliphatic heterocycles. The Morgan fingerprint density at radius 3 is 2.67 bits per heavy atom. The summed E-state index contributed by atoms with van der Waals surface area (Å²) in [5.74, 6) is 0.636. The number of hydrogen-bond acceptors (Lipinski definition) is 2. The van der Waals surface area contributed by atoms with Crippen molar-refractivity contribution < 1.29 is 4.74 Å². The van der Waals surface area contributed by atoms with Crippen LogP contribution in [0.3, 0.4) is 0 Å². The van der Waals surface area contributed by atoms with Gasteiger partial charge in [-0.25, -0.2) is 0 Å². The van der Waals surface area contributed by atoms with Crippen molar-refractivity contribution in [3.8, 4) is 5.75 Å². The van der Waals surface area contributed by atoms with Gasteiger partial charge in [0.25, 0.3) is 0 Å². The molecular formula is C8H7Cl2NO. The normalized spacial score (nSPS) is 20.4. The molecule has 64 valence electrons. The molecule has 1 aromatic rings. The summed E-state index contributed by atoms with van der Waals surface area (Å²) in [6.45, 7) is 0.457. The highest BCUT2D eigenvalue weighted by atomic mass is 35.5. The van der Waals surface area contributed by atoms with Crippen LogP contribution in [0.4, 0.5) is 0 Å². The van der Waals surface area contributed by atoms with Gasteiger partial charge in [0.2, 0.25) is 0 Å². The van der Waals surface area contributed by atoms with Crippen molar-refractivity contribution in [2.75, 3.05) is 6.61 Å². The topological polar surface area (TPSA) is 35.2 Å². The van der Waals surface area contributed by atoms with E-state index in [2.05, 4.69) is 0 Å². The van der Waals surface area contributed by atoms with Gasteiger partial charge >= 0.3 is 0 Å². The maximum Gasteiger partial charge on any atom is 0.144 e. The Bertz CT molecular complexity index is 327. The summed E-state index contributed by atoms with van der Waals surface area (Å²) in [6.07, 6.45) is 0. The van der Waals surface area contributed by atoms with Gasteiger partial charge in [-0.1, -0.05) is 23.2 Å². The SMILES string of the molecule is N[C@@H]1COc2c(Cl)ccc(Cl)c21. The Balaban J connectivity index is 2.64. The average molecular weight is 204 g/mol. The lowest BCUT2D eigenvalue weighted by atomic mass is 10.1. The van der Waals surface area contributed by atoms with Crippen molar-refractivity contribution in [3.63, 3.8) is 0 Å². The minimum Gasteiger partial charge on any atom is -0.490 e. The molecule has 0 saturated heterocycles. The number of ether oxygens (including phenoxy) is 1. The lowest BCUT2D eigenvalue weighted by Crippen LogP contribution is -2.11. The number of rotatable bonds is 0. The van der Waals surface area contributed by atoms with Gasteiger partial charge in [0.15, 0.2) is 0 Å². The van der Waals surface area contributed by atoms with E-state index in [9.17, 15) is 0 Å². The van der Waals surface area contributed by atoms with Gasteiger partial charge in [-0.15, -0.1) is 0 Å². The van der Waals surface area contributed by atoms with Crippen molar-refractivity contribution in [1.29, 1.82) is 0 Å².